The normalized spacial score (nSPS) is 12.2. The Morgan fingerprint density at radius 1 is 1.43 bits per heavy atom. The quantitative estimate of drug-likeness (QED) is 0.413. The number of hydrogen-bond donors (Lipinski definition) is 2. The lowest BCUT2D eigenvalue weighted by Gasteiger charge is -1.89. The average Bonchev–Trinajstić information content (AvgIpc) is 2.62. The molecule has 0 atom stereocenters. The van der Waals surface area contributed by atoms with Crippen molar-refractivity contribution in [1.29, 1.82) is 0 Å². The number of furan rings is 1. The number of benzene rings is 1. The van der Waals surface area contributed by atoms with Crippen LogP contribution in [0.1, 0.15) is 12.7 Å². The molecule has 0 bridgehead atoms. The van der Waals surface area contributed by atoms with E-state index in [1.54, 1.807) is 31.2 Å². The van der Waals surface area contributed by atoms with Crippen LogP contribution in [0.3, 0.4) is 0 Å². The first-order valence-corrected chi connectivity index (χ1v) is 4.13. The van der Waals surface area contributed by atoms with E-state index in [9.17, 15) is 5.11 Å². The summed E-state index contributed by atoms with van der Waals surface area (Å²) in [7, 11) is 0. The van der Waals surface area contributed by atoms with Crippen LogP contribution in [0.25, 0.3) is 11.0 Å². The predicted octanol–water partition coefficient (Wildman–Crippen LogP) is 2.34. The van der Waals surface area contributed by atoms with E-state index in [-0.39, 0.29) is 5.75 Å². The van der Waals surface area contributed by atoms with Gasteiger partial charge in [0.25, 0.3) is 0 Å². The van der Waals surface area contributed by atoms with Crippen molar-refractivity contribution in [3.8, 4) is 5.75 Å². The summed E-state index contributed by atoms with van der Waals surface area (Å²) in [5.74, 6) is 0.604. The highest BCUT2D eigenvalue weighted by Crippen LogP contribution is 2.27. The molecule has 0 unspecified atom stereocenters. The topological polar surface area (TPSA) is 66.0 Å². The van der Waals surface area contributed by atoms with Crippen molar-refractivity contribution in [2.75, 3.05) is 0 Å². The molecule has 4 heteroatoms. The number of nitrogens with zero attached hydrogens (tertiary/aromatic N) is 1. The summed E-state index contributed by atoms with van der Waals surface area (Å²) < 4.78 is 5.35. The minimum absolute atomic E-state index is 0.156. The third-order valence-corrected chi connectivity index (χ3v) is 2.05. The average molecular weight is 191 g/mol. The molecule has 0 spiro atoms. The zero-order valence-corrected chi connectivity index (χ0v) is 7.56. The molecule has 0 saturated heterocycles. The molecule has 0 aliphatic carbocycles. The number of hydrogen-bond acceptors (Lipinski definition) is 4. The number of phenols is 1. The molecule has 2 aromatic rings. The van der Waals surface area contributed by atoms with Crippen molar-refractivity contribution in [3.05, 3.63) is 30.0 Å². The van der Waals surface area contributed by atoms with E-state index in [2.05, 4.69) is 5.16 Å². The molecule has 0 saturated carbocycles. The zero-order chi connectivity index (χ0) is 10.1. The Morgan fingerprint density at radius 3 is 2.86 bits per heavy atom. The molecule has 2 N–H and O–H groups in total. The van der Waals surface area contributed by atoms with Gasteiger partial charge < -0.3 is 14.7 Å². The summed E-state index contributed by atoms with van der Waals surface area (Å²) in [5, 5.41) is 21.7. The van der Waals surface area contributed by atoms with Crippen LogP contribution in [0, 0.1) is 0 Å². The Labute approximate surface area is 80.1 Å². The van der Waals surface area contributed by atoms with Crippen molar-refractivity contribution in [1.82, 2.24) is 0 Å². The SMILES string of the molecule is C/C(=N/O)c1cc2c(O)cccc2o1. The van der Waals surface area contributed by atoms with Crippen LogP contribution in [-0.2, 0) is 0 Å². The molecule has 4 nitrogen and oxygen atoms in total. The van der Waals surface area contributed by atoms with Crippen LogP contribution in [0.5, 0.6) is 5.75 Å². The van der Waals surface area contributed by atoms with Gasteiger partial charge in [-0.3, -0.25) is 0 Å². The molecule has 72 valence electrons. The number of phenolic OH excluding ortho intramolecular Hbond substituents is 1. The molecule has 14 heavy (non-hydrogen) atoms. The van der Waals surface area contributed by atoms with Gasteiger partial charge >= 0.3 is 0 Å². The van der Waals surface area contributed by atoms with Gasteiger partial charge in [-0.15, -0.1) is 0 Å². The third kappa shape index (κ3) is 1.21. The summed E-state index contributed by atoms with van der Waals surface area (Å²) in [6.45, 7) is 1.62. The van der Waals surface area contributed by atoms with Gasteiger partial charge in [-0.25, -0.2) is 0 Å². The Hall–Kier alpha value is -1.97. The molecule has 0 aliphatic rings. The largest absolute Gasteiger partial charge is 0.507 e. The summed E-state index contributed by atoms with van der Waals surface area (Å²) in [6, 6.07) is 6.65. The number of aromatic hydroxyl groups is 1. The monoisotopic (exact) mass is 191 g/mol. The minimum atomic E-state index is 0.156. The van der Waals surface area contributed by atoms with Crippen LogP contribution in [-0.4, -0.2) is 16.0 Å². The minimum Gasteiger partial charge on any atom is -0.507 e. The maximum Gasteiger partial charge on any atom is 0.152 e. The molecule has 1 aromatic heterocycles. The van der Waals surface area contributed by atoms with Gasteiger partial charge in [0.15, 0.2) is 5.76 Å². The van der Waals surface area contributed by atoms with Crippen molar-refractivity contribution in [3.63, 3.8) is 0 Å². The van der Waals surface area contributed by atoms with Crippen molar-refractivity contribution < 1.29 is 14.7 Å². The van der Waals surface area contributed by atoms with E-state index in [0.29, 0.717) is 22.4 Å². The highest BCUT2D eigenvalue weighted by Gasteiger charge is 2.09. The fourth-order valence-electron chi connectivity index (χ4n) is 1.27. The smallest absolute Gasteiger partial charge is 0.152 e. The second kappa shape index (κ2) is 3.06. The van der Waals surface area contributed by atoms with Crippen LogP contribution < -0.4 is 0 Å². The lowest BCUT2D eigenvalue weighted by molar-refractivity contribution is 0.318. The van der Waals surface area contributed by atoms with Gasteiger partial charge in [-0.05, 0) is 25.1 Å². The van der Waals surface area contributed by atoms with Crippen LogP contribution in [0.4, 0.5) is 0 Å². The standard InChI is InChI=1S/C10H9NO3/c1-6(11-13)10-5-7-8(12)3-2-4-9(7)14-10/h2-5,12-13H,1H3/b11-6-. The molecule has 0 radical (unpaired) electrons. The van der Waals surface area contributed by atoms with Gasteiger partial charge in [0.05, 0.1) is 5.39 Å². The van der Waals surface area contributed by atoms with E-state index in [1.807, 2.05) is 0 Å². The van der Waals surface area contributed by atoms with E-state index in [1.165, 1.54) is 0 Å². The van der Waals surface area contributed by atoms with Gasteiger partial charge in [-0.1, -0.05) is 11.2 Å². The maximum atomic E-state index is 9.48. The van der Waals surface area contributed by atoms with Crippen molar-refractivity contribution in [2.24, 2.45) is 5.16 Å². The van der Waals surface area contributed by atoms with Crippen LogP contribution in [0.15, 0.2) is 33.8 Å². The Morgan fingerprint density at radius 2 is 2.21 bits per heavy atom. The summed E-state index contributed by atoms with van der Waals surface area (Å²) in [5.41, 5.74) is 0.948. The Kier molecular flexibility index (Phi) is 1.89. The van der Waals surface area contributed by atoms with Crippen molar-refractivity contribution >= 4 is 16.7 Å². The van der Waals surface area contributed by atoms with Gasteiger partial charge in [0, 0.05) is 0 Å². The Balaban J connectivity index is 2.68. The van der Waals surface area contributed by atoms with Gasteiger partial charge in [-0.2, -0.15) is 0 Å². The molecule has 0 aliphatic heterocycles. The predicted molar refractivity (Wildman–Crippen MR) is 51.9 cm³/mol. The number of fused-ring (bicyclic) bond motifs is 1. The third-order valence-electron chi connectivity index (χ3n) is 2.05. The second-order valence-electron chi connectivity index (χ2n) is 2.99. The van der Waals surface area contributed by atoms with Crippen LogP contribution >= 0.6 is 0 Å². The second-order valence-corrected chi connectivity index (χ2v) is 2.99. The van der Waals surface area contributed by atoms with E-state index >= 15 is 0 Å². The fourth-order valence-corrected chi connectivity index (χ4v) is 1.27. The summed E-state index contributed by atoms with van der Waals surface area (Å²) in [4.78, 5) is 0. The highest BCUT2D eigenvalue weighted by atomic mass is 16.4. The van der Waals surface area contributed by atoms with Crippen molar-refractivity contribution in [2.45, 2.75) is 6.92 Å². The van der Waals surface area contributed by atoms with Crippen LogP contribution in [0.2, 0.25) is 0 Å². The Bertz CT molecular complexity index is 499. The number of oxime groups is 1. The van der Waals surface area contributed by atoms with E-state index < -0.39 is 0 Å². The van der Waals surface area contributed by atoms with Gasteiger partial charge in [0.2, 0.25) is 0 Å². The first-order chi connectivity index (χ1) is 6.72. The van der Waals surface area contributed by atoms with E-state index in [0.717, 1.165) is 0 Å². The lowest BCUT2D eigenvalue weighted by atomic mass is 10.2. The van der Waals surface area contributed by atoms with E-state index in [4.69, 9.17) is 9.62 Å². The first-order valence-electron chi connectivity index (χ1n) is 4.13. The molecule has 0 amide bonds. The molecule has 2 rings (SSSR count). The molecule has 0 fully saturated rings. The molecular formula is C10H9NO3. The zero-order valence-electron chi connectivity index (χ0n) is 7.56. The lowest BCUT2D eigenvalue weighted by Crippen LogP contribution is -1.89. The highest BCUT2D eigenvalue weighted by molar-refractivity contribution is 6.00. The first kappa shape index (κ1) is 8.62. The number of rotatable bonds is 1. The van der Waals surface area contributed by atoms with Gasteiger partial charge in [0.1, 0.15) is 17.0 Å². The molecular weight excluding hydrogens is 182 g/mol. The molecule has 1 heterocycles. The summed E-state index contributed by atoms with van der Waals surface area (Å²) >= 11 is 0. The molecule has 1 aromatic carbocycles. The fraction of sp³-hybridized carbons (Fsp3) is 0.100. The maximum absolute atomic E-state index is 9.48. The summed E-state index contributed by atoms with van der Waals surface area (Å²) in [6.07, 6.45) is 0.